The van der Waals surface area contributed by atoms with E-state index in [1.54, 1.807) is 24.3 Å². The molecule has 1 unspecified atom stereocenters. The van der Waals surface area contributed by atoms with Gasteiger partial charge in [0.25, 0.3) is 0 Å². The van der Waals surface area contributed by atoms with E-state index in [-0.39, 0.29) is 18.4 Å². The van der Waals surface area contributed by atoms with Crippen LogP contribution in [0, 0.1) is 6.92 Å². The van der Waals surface area contributed by atoms with Crippen molar-refractivity contribution in [2.45, 2.75) is 39.6 Å². The number of carbonyl (C=O) groups excluding carboxylic acids is 2. The summed E-state index contributed by atoms with van der Waals surface area (Å²) in [7, 11) is 3.00. The van der Waals surface area contributed by atoms with Gasteiger partial charge >= 0.3 is 12.2 Å². The molecule has 0 heterocycles. The Bertz CT molecular complexity index is 851. The number of anilines is 2. The van der Waals surface area contributed by atoms with Gasteiger partial charge in [0.2, 0.25) is 0 Å². The molecule has 0 aliphatic heterocycles. The second kappa shape index (κ2) is 11.9. The maximum atomic E-state index is 13.0. The van der Waals surface area contributed by atoms with E-state index >= 15 is 0 Å². The summed E-state index contributed by atoms with van der Waals surface area (Å²) < 4.78 is 21.3. The van der Waals surface area contributed by atoms with E-state index in [0.717, 1.165) is 5.56 Å². The highest BCUT2D eigenvalue weighted by Crippen LogP contribution is 2.22. The molecule has 1 N–H and O–H groups in total. The second-order valence-corrected chi connectivity index (χ2v) is 6.99. The van der Waals surface area contributed by atoms with E-state index < -0.39 is 18.5 Å². The second-order valence-electron chi connectivity index (χ2n) is 6.99. The van der Waals surface area contributed by atoms with E-state index in [1.165, 1.54) is 19.1 Å². The topological polar surface area (TPSA) is 86.3 Å². The Morgan fingerprint density at radius 3 is 2.35 bits per heavy atom. The van der Waals surface area contributed by atoms with Gasteiger partial charge < -0.3 is 18.9 Å². The molecule has 8 nitrogen and oxygen atoms in total. The van der Waals surface area contributed by atoms with Crippen LogP contribution in [0.25, 0.3) is 0 Å². The smallest absolute Gasteiger partial charge is 0.419 e. The Morgan fingerprint density at radius 1 is 1.06 bits per heavy atom. The molecule has 0 bridgehead atoms. The number of hydrogen-bond acceptors (Lipinski definition) is 6. The average Bonchev–Trinajstić information content (AvgIpc) is 2.75. The first-order chi connectivity index (χ1) is 14.9. The van der Waals surface area contributed by atoms with Gasteiger partial charge in [0, 0.05) is 31.7 Å². The van der Waals surface area contributed by atoms with Crippen molar-refractivity contribution in [1.82, 2.24) is 0 Å². The molecular weight excluding hydrogens is 400 g/mol. The molecule has 0 radical (unpaired) electrons. The third-order valence-electron chi connectivity index (χ3n) is 4.59. The van der Waals surface area contributed by atoms with E-state index in [2.05, 4.69) is 5.32 Å². The predicted octanol–water partition coefficient (Wildman–Crippen LogP) is 4.97. The third kappa shape index (κ3) is 7.58. The Balaban J connectivity index is 2.15. The molecule has 168 valence electrons. The van der Waals surface area contributed by atoms with Crippen LogP contribution in [0.3, 0.4) is 0 Å². The quantitative estimate of drug-likeness (QED) is 0.566. The number of ether oxygens (including phenoxy) is 4. The van der Waals surface area contributed by atoms with Crippen LogP contribution < -0.4 is 15.0 Å². The van der Waals surface area contributed by atoms with Gasteiger partial charge in [0.15, 0.2) is 6.29 Å². The lowest BCUT2D eigenvalue weighted by molar-refractivity contribution is -0.0943. The lowest BCUT2D eigenvalue weighted by atomic mass is 10.2. The number of nitrogens with zero attached hydrogens (tertiary/aromatic N) is 1. The molecule has 2 amide bonds. The number of nitrogens with one attached hydrogen (secondary N) is 1. The summed E-state index contributed by atoms with van der Waals surface area (Å²) in [6, 6.07) is 14.0. The van der Waals surface area contributed by atoms with Crippen molar-refractivity contribution in [1.29, 1.82) is 0 Å². The molecular formula is C23H30N2O6. The van der Waals surface area contributed by atoms with Gasteiger partial charge in [0.05, 0.1) is 6.54 Å². The molecule has 0 saturated heterocycles. The van der Waals surface area contributed by atoms with Gasteiger partial charge in [0.1, 0.15) is 11.9 Å². The Labute approximate surface area is 183 Å². The molecule has 0 aliphatic carbocycles. The Kier molecular flexibility index (Phi) is 9.30. The van der Waals surface area contributed by atoms with Crippen molar-refractivity contribution in [2.24, 2.45) is 0 Å². The van der Waals surface area contributed by atoms with E-state index in [1.807, 2.05) is 45.0 Å². The van der Waals surface area contributed by atoms with Crippen molar-refractivity contribution in [3.63, 3.8) is 0 Å². The van der Waals surface area contributed by atoms with Gasteiger partial charge in [-0.1, -0.05) is 30.7 Å². The summed E-state index contributed by atoms with van der Waals surface area (Å²) in [5, 5.41) is 2.63. The zero-order chi connectivity index (χ0) is 22.8. The summed E-state index contributed by atoms with van der Waals surface area (Å²) >= 11 is 0. The van der Waals surface area contributed by atoms with Crippen molar-refractivity contribution >= 4 is 23.6 Å². The fourth-order valence-corrected chi connectivity index (χ4v) is 2.61. The molecule has 0 spiro atoms. The Morgan fingerprint density at radius 2 is 1.74 bits per heavy atom. The monoisotopic (exact) mass is 430 g/mol. The summed E-state index contributed by atoms with van der Waals surface area (Å²) in [4.78, 5) is 26.3. The molecule has 8 heteroatoms. The first-order valence-corrected chi connectivity index (χ1v) is 10.1. The van der Waals surface area contributed by atoms with Crippen LogP contribution in [-0.4, -0.2) is 45.3 Å². The highest BCUT2D eigenvalue weighted by molar-refractivity contribution is 5.90. The standard InChI is InChI=1S/C23H30N2O6/c1-6-17(3)30-22(26)24-18-8-7-9-20(14-18)31-23(27)25(15-21(28-4)29-5)19-12-10-16(2)11-13-19/h7-14,17,21H,6,15H2,1-5H3,(H,24,26). The molecule has 2 aromatic carbocycles. The van der Waals surface area contributed by atoms with Crippen molar-refractivity contribution in [3.8, 4) is 5.75 Å². The van der Waals surface area contributed by atoms with Gasteiger partial charge in [-0.3, -0.25) is 10.2 Å². The molecule has 0 saturated carbocycles. The van der Waals surface area contributed by atoms with Crippen LogP contribution >= 0.6 is 0 Å². The summed E-state index contributed by atoms with van der Waals surface area (Å²) in [6.45, 7) is 5.83. The predicted molar refractivity (Wildman–Crippen MR) is 119 cm³/mol. The van der Waals surface area contributed by atoms with Gasteiger partial charge in [-0.05, 0) is 44.5 Å². The van der Waals surface area contributed by atoms with Crippen LogP contribution in [0.15, 0.2) is 48.5 Å². The summed E-state index contributed by atoms with van der Waals surface area (Å²) in [5.74, 6) is 0.273. The van der Waals surface area contributed by atoms with E-state index in [0.29, 0.717) is 17.8 Å². The van der Waals surface area contributed by atoms with Crippen LogP contribution in [0.1, 0.15) is 25.8 Å². The van der Waals surface area contributed by atoms with Crippen molar-refractivity contribution in [3.05, 3.63) is 54.1 Å². The number of aryl methyl sites for hydroxylation is 1. The number of rotatable bonds is 9. The lowest BCUT2D eigenvalue weighted by Crippen LogP contribution is -2.40. The minimum atomic E-state index is -0.628. The first-order valence-electron chi connectivity index (χ1n) is 10.1. The average molecular weight is 431 g/mol. The highest BCUT2D eigenvalue weighted by atomic mass is 16.7. The van der Waals surface area contributed by atoms with Crippen molar-refractivity contribution < 1.29 is 28.5 Å². The number of amides is 2. The molecule has 2 aromatic rings. The maximum absolute atomic E-state index is 13.0. The molecule has 0 fully saturated rings. The zero-order valence-corrected chi connectivity index (χ0v) is 18.6. The van der Waals surface area contributed by atoms with Gasteiger partial charge in [-0.15, -0.1) is 0 Å². The van der Waals surface area contributed by atoms with Gasteiger partial charge in [-0.25, -0.2) is 9.59 Å². The number of carbonyl (C=O) groups is 2. The summed E-state index contributed by atoms with van der Waals surface area (Å²) in [6.07, 6.45) is -1.29. The molecule has 0 aromatic heterocycles. The third-order valence-corrected chi connectivity index (χ3v) is 4.59. The fourth-order valence-electron chi connectivity index (χ4n) is 2.61. The normalized spacial score (nSPS) is 11.7. The lowest BCUT2D eigenvalue weighted by Gasteiger charge is -2.25. The van der Waals surface area contributed by atoms with Gasteiger partial charge in [-0.2, -0.15) is 0 Å². The highest BCUT2D eigenvalue weighted by Gasteiger charge is 2.23. The summed E-state index contributed by atoms with van der Waals surface area (Å²) in [5.41, 5.74) is 2.16. The van der Waals surface area contributed by atoms with Crippen LogP contribution in [0.2, 0.25) is 0 Å². The largest absolute Gasteiger partial charge is 0.446 e. The number of methoxy groups -OCH3 is 2. The SMILES string of the molecule is CCC(C)OC(=O)Nc1cccc(OC(=O)N(CC(OC)OC)c2ccc(C)cc2)c1. The Hall–Kier alpha value is -3.10. The molecule has 0 aliphatic rings. The minimum absolute atomic E-state index is 0.133. The van der Waals surface area contributed by atoms with Crippen LogP contribution in [0.5, 0.6) is 5.75 Å². The number of benzene rings is 2. The first kappa shape index (κ1) is 24.2. The van der Waals surface area contributed by atoms with E-state index in [4.69, 9.17) is 18.9 Å². The zero-order valence-electron chi connectivity index (χ0n) is 18.6. The van der Waals surface area contributed by atoms with Crippen LogP contribution in [0.4, 0.5) is 21.0 Å². The van der Waals surface area contributed by atoms with Crippen molar-refractivity contribution in [2.75, 3.05) is 31.0 Å². The van der Waals surface area contributed by atoms with Crippen LogP contribution in [-0.2, 0) is 14.2 Å². The number of hydrogen-bond donors (Lipinski definition) is 1. The maximum Gasteiger partial charge on any atom is 0.419 e. The molecule has 1 atom stereocenters. The van der Waals surface area contributed by atoms with E-state index in [9.17, 15) is 9.59 Å². The minimum Gasteiger partial charge on any atom is -0.446 e. The fraction of sp³-hybridized carbons (Fsp3) is 0.391. The molecule has 2 rings (SSSR count). The molecule has 31 heavy (non-hydrogen) atoms.